The van der Waals surface area contributed by atoms with E-state index in [-0.39, 0.29) is 0 Å². The van der Waals surface area contributed by atoms with E-state index in [0.29, 0.717) is 0 Å². The first-order valence-electron chi connectivity index (χ1n) is 7.04. The van der Waals surface area contributed by atoms with Crippen LogP contribution in [0.15, 0.2) is 12.3 Å². The van der Waals surface area contributed by atoms with Gasteiger partial charge in [-0.05, 0) is 37.7 Å². The first-order valence-corrected chi connectivity index (χ1v) is 7.04. The summed E-state index contributed by atoms with van der Waals surface area (Å²) in [5, 5.41) is 15.7. The Kier molecular flexibility index (Phi) is 2.36. The quantitative estimate of drug-likeness (QED) is 0.907. The summed E-state index contributed by atoms with van der Waals surface area (Å²) < 4.78 is 2.18. The Morgan fingerprint density at radius 1 is 1.26 bits per heavy atom. The molecule has 1 N–H and O–H groups in total. The second kappa shape index (κ2) is 4.08. The average Bonchev–Trinajstić information content (AvgIpc) is 3.09. The van der Waals surface area contributed by atoms with Gasteiger partial charge in [0.2, 0.25) is 5.95 Å². The number of aromatic nitrogens is 5. The molecular weight excluding hydrogens is 240 g/mol. The van der Waals surface area contributed by atoms with Crippen LogP contribution in [-0.2, 0) is 6.54 Å². The SMILES string of the molecule is CCn1c(-c2ccn[nH]2)nnc1N1C[C@H]2CC[C@H]2C1. The number of H-pyrrole nitrogens is 1. The monoisotopic (exact) mass is 258 g/mol. The van der Waals surface area contributed by atoms with Crippen LogP contribution < -0.4 is 4.90 Å². The van der Waals surface area contributed by atoms with Crippen LogP contribution in [0.4, 0.5) is 5.95 Å². The first kappa shape index (κ1) is 11.0. The molecule has 2 aromatic rings. The normalized spacial score (nSPS) is 25.4. The minimum absolute atomic E-state index is 0.878. The number of fused-ring (bicyclic) bond motifs is 1. The highest BCUT2D eigenvalue weighted by molar-refractivity contribution is 5.52. The second-order valence-corrected chi connectivity index (χ2v) is 5.54. The van der Waals surface area contributed by atoms with Crippen LogP contribution in [0.5, 0.6) is 0 Å². The summed E-state index contributed by atoms with van der Waals surface area (Å²) in [6, 6.07) is 1.94. The predicted octanol–water partition coefficient (Wildman–Crippen LogP) is 1.53. The molecule has 6 nitrogen and oxygen atoms in total. The minimum Gasteiger partial charge on any atom is -0.340 e. The largest absolute Gasteiger partial charge is 0.340 e. The molecular formula is C13H18N6. The Balaban J connectivity index is 1.69. The summed E-state index contributed by atoms with van der Waals surface area (Å²) >= 11 is 0. The van der Waals surface area contributed by atoms with Crippen molar-refractivity contribution in [3.63, 3.8) is 0 Å². The molecule has 6 heteroatoms. The molecule has 4 rings (SSSR count). The number of nitrogens with zero attached hydrogens (tertiary/aromatic N) is 5. The molecule has 1 saturated carbocycles. The molecule has 2 atom stereocenters. The molecule has 0 radical (unpaired) electrons. The van der Waals surface area contributed by atoms with Crippen LogP contribution in [0, 0.1) is 11.8 Å². The summed E-state index contributed by atoms with van der Waals surface area (Å²) in [7, 11) is 0. The highest BCUT2D eigenvalue weighted by Gasteiger charge is 2.40. The molecule has 0 unspecified atom stereocenters. The molecule has 1 saturated heterocycles. The number of rotatable bonds is 3. The molecule has 1 aliphatic heterocycles. The van der Waals surface area contributed by atoms with Crippen molar-refractivity contribution in [2.45, 2.75) is 26.3 Å². The molecule has 3 heterocycles. The fourth-order valence-electron chi connectivity index (χ4n) is 3.32. The number of aromatic amines is 1. The lowest BCUT2D eigenvalue weighted by molar-refractivity contribution is 0.243. The maximum atomic E-state index is 4.41. The van der Waals surface area contributed by atoms with Crippen molar-refractivity contribution in [3.05, 3.63) is 12.3 Å². The van der Waals surface area contributed by atoms with Crippen LogP contribution in [0.3, 0.4) is 0 Å². The van der Waals surface area contributed by atoms with Crippen molar-refractivity contribution >= 4 is 5.95 Å². The molecule has 0 aromatic carbocycles. The Hall–Kier alpha value is -1.85. The van der Waals surface area contributed by atoms with E-state index in [9.17, 15) is 0 Å². The summed E-state index contributed by atoms with van der Waals surface area (Å²) in [5.41, 5.74) is 0.933. The van der Waals surface area contributed by atoms with E-state index < -0.39 is 0 Å². The maximum absolute atomic E-state index is 4.41. The third kappa shape index (κ3) is 1.59. The molecule has 19 heavy (non-hydrogen) atoms. The van der Waals surface area contributed by atoms with Crippen LogP contribution in [-0.4, -0.2) is 38.1 Å². The van der Waals surface area contributed by atoms with E-state index in [1.54, 1.807) is 6.20 Å². The van der Waals surface area contributed by atoms with E-state index in [0.717, 1.165) is 48.9 Å². The Morgan fingerprint density at radius 2 is 2.05 bits per heavy atom. The van der Waals surface area contributed by atoms with Gasteiger partial charge < -0.3 is 4.90 Å². The van der Waals surface area contributed by atoms with Crippen molar-refractivity contribution in [3.8, 4) is 11.5 Å². The average molecular weight is 258 g/mol. The maximum Gasteiger partial charge on any atom is 0.227 e. The number of nitrogens with one attached hydrogen (secondary N) is 1. The van der Waals surface area contributed by atoms with Gasteiger partial charge in [0.25, 0.3) is 0 Å². The van der Waals surface area contributed by atoms with Gasteiger partial charge in [-0.2, -0.15) is 5.10 Å². The molecule has 1 aliphatic carbocycles. The molecule has 100 valence electrons. The minimum atomic E-state index is 0.878. The Labute approximate surface area is 111 Å². The second-order valence-electron chi connectivity index (χ2n) is 5.54. The zero-order chi connectivity index (χ0) is 12.8. The zero-order valence-electron chi connectivity index (χ0n) is 11.1. The first-order chi connectivity index (χ1) is 9.36. The fraction of sp³-hybridized carbons (Fsp3) is 0.615. The summed E-state index contributed by atoms with van der Waals surface area (Å²) in [6.07, 6.45) is 4.52. The van der Waals surface area contributed by atoms with Crippen molar-refractivity contribution in [1.82, 2.24) is 25.0 Å². The van der Waals surface area contributed by atoms with E-state index in [4.69, 9.17) is 0 Å². The van der Waals surface area contributed by atoms with Gasteiger partial charge in [0, 0.05) is 25.8 Å². The number of anilines is 1. The number of hydrogen-bond donors (Lipinski definition) is 1. The van der Waals surface area contributed by atoms with Gasteiger partial charge in [0.1, 0.15) is 5.69 Å². The van der Waals surface area contributed by atoms with Gasteiger partial charge in [-0.25, -0.2) is 0 Å². The van der Waals surface area contributed by atoms with Crippen molar-refractivity contribution in [1.29, 1.82) is 0 Å². The van der Waals surface area contributed by atoms with Crippen LogP contribution in [0.1, 0.15) is 19.8 Å². The molecule has 2 aromatic heterocycles. The highest BCUT2D eigenvalue weighted by atomic mass is 15.4. The van der Waals surface area contributed by atoms with Crippen LogP contribution >= 0.6 is 0 Å². The lowest BCUT2D eigenvalue weighted by atomic mass is 9.77. The molecule has 0 bridgehead atoms. The molecule has 2 aliphatic rings. The summed E-state index contributed by atoms with van der Waals surface area (Å²) in [6.45, 7) is 5.30. The van der Waals surface area contributed by atoms with Crippen LogP contribution in [0.25, 0.3) is 11.5 Å². The van der Waals surface area contributed by atoms with Crippen molar-refractivity contribution in [2.24, 2.45) is 11.8 Å². The Morgan fingerprint density at radius 3 is 2.63 bits per heavy atom. The lowest BCUT2D eigenvalue weighted by Gasteiger charge is -2.27. The van der Waals surface area contributed by atoms with Crippen molar-refractivity contribution < 1.29 is 0 Å². The van der Waals surface area contributed by atoms with Gasteiger partial charge in [-0.15, -0.1) is 10.2 Å². The molecule has 0 spiro atoms. The summed E-state index contributed by atoms with van der Waals surface area (Å²) in [4.78, 5) is 2.40. The van der Waals surface area contributed by atoms with Gasteiger partial charge in [-0.1, -0.05) is 0 Å². The molecule has 2 fully saturated rings. The third-order valence-corrected chi connectivity index (χ3v) is 4.56. The zero-order valence-corrected chi connectivity index (χ0v) is 11.1. The van der Waals surface area contributed by atoms with Crippen molar-refractivity contribution in [2.75, 3.05) is 18.0 Å². The van der Waals surface area contributed by atoms with Crippen LogP contribution in [0.2, 0.25) is 0 Å². The van der Waals surface area contributed by atoms with E-state index in [2.05, 4.69) is 36.8 Å². The summed E-state index contributed by atoms with van der Waals surface area (Å²) in [5.74, 6) is 3.67. The molecule has 0 amide bonds. The highest BCUT2D eigenvalue weighted by Crippen LogP contribution is 2.41. The Bertz CT molecular complexity index is 560. The standard InChI is InChI=1S/C13H18N6/c1-2-19-12(11-5-6-14-15-11)16-17-13(19)18-7-9-3-4-10(9)8-18/h5-6,9-10H,2-4,7-8H2,1H3,(H,14,15)/t9-,10+. The number of hydrogen-bond acceptors (Lipinski definition) is 4. The predicted molar refractivity (Wildman–Crippen MR) is 71.7 cm³/mol. The fourth-order valence-corrected chi connectivity index (χ4v) is 3.32. The van der Waals surface area contributed by atoms with E-state index in [1.807, 2.05) is 6.07 Å². The van der Waals surface area contributed by atoms with E-state index >= 15 is 0 Å². The third-order valence-electron chi connectivity index (χ3n) is 4.56. The van der Waals surface area contributed by atoms with Gasteiger partial charge in [0.15, 0.2) is 5.82 Å². The van der Waals surface area contributed by atoms with Gasteiger partial charge in [-0.3, -0.25) is 9.67 Å². The topological polar surface area (TPSA) is 62.6 Å². The smallest absolute Gasteiger partial charge is 0.227 e. The van der Waals surface area contributed by atoms with E-state index in [1.165, 1.54) is 12.8 Å². The van der Waals surface area contributed by atoms with Gasteiger partial charge >= 0.3 is 0 Å². The lowest BCUT2D eigenvalue weighted by Crippen LogP contribution is -2.23. The van der Waals surface area contributed by atoms with Gasteiger partial charge in [0.05, 0.1) is 0 Å².